The average molecular weight is 433 g/mol. The van der Waals surface area contributed by atoms with Crippen LogP contribution in [0.4, 0.5) is 0 Å². The Bertz CT molecular complexity index is 1040. The zero-order valence-electron chi connectivity index (χ0n) is 17.6. The summed E-state index contributed by atoms with van der Waals surface area (Å²) in [6, 6.07) is 2.98. The topological polar surface area (TPSA) is 115 Å². The number of pyridine rings is 1. The second-order valence-electron chi connectivity index (χ2n) is 8.92. The van der Waals surface area contributed by atoms with Crippen molar-refractivity contribution in [2.45, 2.75) is 69.9 Å². The van der Waals surface area contributed by atoms with E-state index in [1.807, 2.05) is 13.8 Å². The van der Waals surface area contributed by atoms with Gasteiger partial charge in [0, 0.05) is 6.92 Å². The molecule has 1 unspecified atom stereocenters. The fraction of sp³-hybridized carbons (Fsp3) is 0.619. The highest BCUT2D eigenvalue weighted by molar-refractivity contribution is 7.91. The smallest absolute Gasteiger partial charge is 0.270 e. The number of amides is 1. The third kappa shape index (κ3) is 4.88. The molecule has 0 bridgehead atoms. The number of carbonyl (C=O) groups excluding carboxylic acids is 1. The monoisotopic (exact) mass is 432 g/mol. The number of carbonyl (C=O) groups is 1. The van der Waals surface area contributed by atoms with E-state index in [-0.39, 0.29) is 34.4 Å². The molecule has 30 heavy (non-hydrogen) atoms. The van der Waals surface area contributed by atoms with Crippen molar-refractivity contribution in [1.29, 1.82) is 0 Å². The van der Waals surface area contributed by atoms with Gasteiger partial charge in [0.1, 0.15) is 5.69 Å². The Hall–Kier alpha value is -2.29. The maximum absolute atomic E-state index is 13.0. The van der Waals surface area contributed by atoms with Crippen molar-refractivity contribution in [2.24, 2.45) is 11.8 Å². The summed E-state index contributed by atoms with van der Waals surface area (Å²) >= 11 is 0. The molecule has 1 amide bonds. The minimum atomic E-state index is -3.57. The highest BCUT2D eigenvalue weighted by Crippen LogP contribution is 2.43. The van der Waals surface area contributed by atoms with Crippen LogP contribution in [-0.4, -0.2) is 35.2 Å². The first-order valence-electron chi connectivity index (χ1n) is 10.6. The Kier molecular flexibility index (Phi) is 5.65. The molecular weight excluding hydrogens is 404 g/mol. The molecule has 9 heteroatoms. The van der Waals surface area contributed by atoms with Crippen molar-refractivity contribution >= 4 is 15.7 Å². The molecule has 2 aliphatic carbocycles. The predicted molar refractivity (Wildman–Crippen MR) is 110 cm³/mol. The number of aromatic nitrogens is 3. The Balaban J connectivity index is 1.60. The molecule has 0 aliphatic heterocycles. The zero-order valence-corrected chi connectivity index (χ0v) is 18.4. The molecular formula is C21H28N4O4S. The summed E-state index contributed by atoms with van der Waals surface area (Å²) in [4.78, 5) is 21.6. The van der Waals surface area contributed by atoms with Crippen LogP contribution in [0.15, 0.2) is 21.7 Å². The molecule has 162 valence electrons. The summed E-state index contributed by atoms with van der Waals surface area (Å²) in [7, 11) is -3.57. The average Bonchev–Trinajstić information content (AvgIpc) is 3.59. The van der Waals surface area contributed by atoms with Gasteiger partial charge in [-0.1, -0.05) is 37.9 Å². The number of aryl methyl sites for hydroxylation is 1. The van der Waals surface area contributed by atoms with Gasteiger partial charge in [-0.05, 0) is 48.6 Å². The van der Waals surface area contributed by atoms with Crippen LogP contribution in [0, 0.1) is 18.8 Å². The normalized spacial score (nSPS) is 17.9. The molecule has 0 saturated heterocycles. The number of sulfone groups is 1. The second kappa shape index (κ2) is 8.09. The third-order valence-electron chi connectivity index (χ3n) is 5.41. The van der Waals surface area contributed by atoms with Crippen molar-refractivity contribution in [3.8, 4) is 0 Å². The summed E-state index contributed by atoms with van der Waals surface area (Å²) in [6.45, 7) is 5.43. The van der Waals surface area contributed by atoms with Gasteiger partial charge in [0.05, 0.1) is 11.8 Å². The molecule has 8 nitrogen and oxygen atoms in total. The maximum atomic E-state index is 13.0. The quantitative estimate of drug-likeness (QED) is 0.646. The second-order valence-corrected chi connectivity index (χ2v) is 10.9. The van der Waals surface area contributed by atoms with Crippen LogP contribution in [-0.2, 0) is 9.84 Å². The molecule has 1 atom stereocenters. The third-order valence-corrected chi connectivity index (χ3v) is 7.43. The Morgan fingerprint density at radius 3 is 2.50 bits per heavy atom. The molecule has 2 saturated carbocycles. The van der Waals surface area contributed by atoms with E-state index in [0.717, 1.165) is 37.7 Å². The van der Waals surface area contributed by atoms with E-state index in [2.05, 4.69) is 20.4 Å². The first-order valence-corrected chi connectivity index (χ1v) is 12.2. The van der Waals surface area contributed by atoms with Gasteiger partial charge in [-0.25, -0.2) is 13.4 Å². The van der Waals surface area contributed by atoms with Gasteiger partial charge in [0.2, 0.25) is 5.89 Å². The van der Waals surface area contributed by atoms with Gasteiger partial charge in [-0.3, -0.25) is 4.79 Å². The van der Waals surface area contributed by atoms with Crippen molar-refractivity contribution in [2.75, 3.05) is 5.75 Å². The summed E-state index contributed by atoms with van der Waals surface area (Å²) < 4.78 is 31.0. The maximum Gasteiger partial charge on any atom is 0.270 e. The molecule has 0 radical (unpaired) electrons. The fourth-order valence-electron chi connectivity index (χ4n) is 3.65. The van der Waals surface area contributed by atoms with Crippen LogP contribution >= 0.6 is 0 Å². The van der Waals surface area contributed by atoms with Crippen molar-refractivity contribution in [3.05, 3.63) is 35.1 Å². The lowest BCUT2D eigenvalue weighted by atomic mass is 10.1. The molecule has 2 heterocycles. The van der Waals surface area contributed by atoms with Crippen LogP contribution in [0.25, 0.3) is 0 Å². The van der Waals surface area contributed by atoms with Crippen molar-refractivity contribution in [1.82, 2.24) is 20.4 Å². The summed E-state index contributed by atoms with van der Waals surface area (Å²) in [5.41, 5.74) is 0.832. The van der Waals surface area contributed by atoms with E-state index < -0.39 is 15.7 Å². The largest absolute Gasteiger partial charge is 0.341 e. The number of rotatable bonds is 9. The number of nitrogens with one attached hydrogen (secondary N) is 1. The standard InChI is InChI=1S/C21H28N4O4S/c1-12(2)11-30(27,28)21-16(15-6-7-15)8-9-17(24-21)20(26)23-18(10-14-4-5-14)19-22-13(3)29-25-19/h8-9,12,14-15,18H,4-7,10-11H2,1-3H3,(H,23,26). The van der Waals surface area contributed by atoms with Crippen molar-refractivity contribution in [3.63, 3.8) is 0 Å². The SMILES string of the molecule is Cc1nc(C(CC2CC2)NC(=O)c2ccc(C3CC3)c(S(=O)(=O)CC(C)C)n2)no1. The lowest BCUT2D eigenvalue weighted by Gasteiger charge is -2.16. The molecule has 1 N–H and O–H groups in total. The van der Waals surface area contributed by atoms with Crippen LogP contribution in [0.1, 0.15) is 85.7 Å². The first kappa shape index (κ1) is 21.0. The van der Waals surface area contributed by atoms with E-state index in [4.69, 9.17) is 4.52 Å². The van der Waals surface area contributed by atoms with E-state index in [1.54, 1.807) is 19.1 Å². The van der Waals surface area contributed by atoms with Crippen LogP contribution < -0.4 is 5.32 Å². The van der Waals surface area contributed by atoms with Crippen LogP contribution in [0.2, 0.25) is 0 Å². The number of hydrogen-bond acceptors (Lipinski definition) is 7. The van der Waals surface area contributed by atoms with E-state index in [0.29, 0.717) is 17.6 Å². The summed E-state index contributed by atoms with van der Waals surface area (Å²) in [5.74, 6) is 1.19. The molecule has 2 aromatic rings. The number of hydrogen-bond donors (Lipinski definition) is 1. The van der Waals surface area contributed by atoms with Crippen LogP contribution in [0.3, 0.4) is 0 Å². The Morgan fingerprint density at radius 1 is 1.20 bits per heavy atom. The van der Waals surface area contributed by atoms with Crippen molar-refractivity contribution < 1.29 is 17.7 Å². The Morgan fingerprint density at radius 2 is 1.93 bits per heavy atom. The van der Waals surface area contributed by atoms with E-state index >= 15 is 0 Å². The number of nitrogens with zero attached hydrogens (tertiary/aromatic N) is 3. The summed E-state index contributed by atoms with van der Waals surface area (Å²) in [5, 5.41) is 6.95. The Labute approximate surface area is 176 Å². The molecule has 0 spiro atoms. The van der Waals surface area contributed by atoms with Gasteiger partial charge >= 0.3 is 0 Å². The lowest BCUT2D eigenvalue weighted by Crippen LogP contribution is -2.31. The van der Waals surface area contributed by atoms with Gasteiger partial charge in [0.25, 0.3) is 5.91 Å². The molecule has 2 aliphatic rings. The van der Waals surface area contributed by atoms with E-state index in [1.165, 1.54) is 0 Å². The molecule has 2 fully saturated rings. The predicted octanol–water partition coefficient (Wildman–Crippen LogP) is 3.35. The zero-order chi connectivity index (χ0) is 21.5. The minimum absolute atomic E-state index is 0.0111. The molecule has 2 aromatic heterocycles. The highest BCUT2D eigenvalue weighted by atomic mass is 32.2. The minimum Gasteiger partial charge on any atom is -0.341 e. The first-order chi connectivity index (χ1) is 14.2. The lowest BCUT2D eigenvalue weighted by molar-refractivity contribution is 0.0925. The molecule has 4 rings (SSSR count). The van der Waals surface area contributed by atoms with Gasteiger partial charge in [-0.15, -0.1) is 0 Å². The van der Waals surface area contributed by atoms with E-state index in [9.17, 15) is 13.2 Å². The van der Waals surface area contributed by atoms with Gasteiger partial charge in [0.15, 0.2) is 20.7 Å². The van der Waals surface area contributed by atoms with Gasteiger partial charge < -0.3 is 9.84 Å². The fourth-order valence-corrected chi connectivity index (χ4v) is 5.52. The highest BCUT2D eigenvalue weighted by Gasteiger charge is 2.34. The molecule has 0 aromatic carbocycles. The van der Waals surface area contributed by atoms with Crippen LogP contribution in [0.5, 0.6) is 0 Å². The van der Waals surface area contributed by atoms with Gasteiger partial charge in [-0.2, -0.15) is 4.98 Å². The summed E-state index contributed by atoms with van der Waals surface area (Å²) in [6.07, 6.45) is 4.88.